The van der Waals surface area contributed by atoms with Crippen molar-refractivity contribution in [3.05, 3.63) is 83.2 Å². The minimum absolute atomic E-state index is 0.114. The molecule has 10 heteroatoms. The Morgan fingerprint density at radius 1 is 1.03 bits per heavy atom. The number of anilines is 1. The molecule has 1 aromatic heterocycles. The molecule has 1 aliphatic rings. The molecule has 0 unspecified atom stereocenters. The average Bonchev–Trinajstić information content (AvgIpc) is 3.45. The molecule has 0 radical (unpaired) electrons. The predicted molar refractivity (Wildman–Crippen MR) is 142 cm³/mol. The van der Waals surface area contributed by atoms with Crippen LogP contribution >= 0.6 is 11.3 Å². The molecule has 4 aromatic rings. The number of methoxy groups -OCH3 is 2. The number of fused-ring (bicyclic) bond motifs is 1. The van der Waals surface area contributed by atoms with E-state index >= 15 is 0 Å². The van der Waals surface area contributed by atoms with Gasteiger partial charge in [0.25, 0.3) is 5.78 Å². The highest BCUT2D eigenvalue weighted by Gasteiger charge is 2.48. The minimum Gasteiger partial charge on any atom is -0.507 e. The number of Topliss-reactive ketones (excluding diaryl/α,β-unsaturated/α-hetero) is 1. The van der Waals surface area contributed by atoms with Crippen molar-refractivity contribution < 1.29 is 33.3 Å². The van der Waals surface area contributed by atoms with Crippen molar-refractivity contribution in [3.63, 3.8) is 0 Å². The lowest BCUT2D eigenvalue weighted by atomic mass is 9.95. The Kier molecular flexibility index (Phi) is 6.73. The molecule has 3 aromatic carbocycles. The Balaban J connectivity index is 1.71. The first kappa shape index (κ1) is 25.2. The number of carbonyl (C=O) groups is 2. The van der Waals surface area contributed by atoms with E-state index in [1.54, 1.807) is 42.5 Å². The van der Waals surface area contributed by atoms with E-state index in [1.807, 2.05) is 6.92 Å². The summed E-state index contributed by atoms with van der Waals surface area (Å²) < 4.78 is 30.6. The van der Waals surface area contributed by atoms with Gasteiger partial charge in [0.15, 0.2) is 16.6 Å². The number of ketones is 1. The summed E-state index contributed by atoms with van der Waals surface area (Å²) >= 11 is 1.07. The third kappa shape index (κ3) is 4.32. The molecule has 1 saturated heterocycles. The molecular formula is C28H23FN2O6S. The number of aliphatic hydroxyl groups excluding tert-OH is 1. The van der Waals surface area contributed by atoms with Gasteiger partial charge < -0.3 is 19.3 Å². The van der Waals surface area contributed by atoms with Crippen molar-refractivity contribution in [1.29, 1.82) is 0 Å². The predicted octanol–water partition coefficient (Wildman–Crippen LogP) is 5.48. The maximum atomic E-state index is 13.9. The summed E-state index contributed by atoms with van der Waals surface area (Å²) in [5.41, 5.74) is 1.19. The van der Waals surface area contributed by atoms with Gasteiger partial charge in [-0.1, -0.05) is 17.4 Å². The van der Waals surface area contributed by atoms with Gasteiger partial charge >= 0.3 is 5.91 Å². The van der Waals surface area contributed by atoms with Crippen LogP contribution in [0.3, 0.4) is 0 Å². The summed E-state index contributed by atoms with van der Waals surface area (Å²) in [4.78, 5) is 32.6. The third-order valence-corrected chi connectivity index (χ3v) is 7.17. The highest BCUT2D eigenvalue weighted by atomic mass is 32.1. The smallest absolute Gasteiger partial charge is 0.301 e. The van der Waals surface area contributed by atoms with Crippen LogP contribution in [0.4, 0.5) is 9.52 Å². The van der Waals surface area contributed by atoms with Gasteiger partial charge in [0.2, 0.25) is 0 Å². The first-order valence-corrected chi connectivity index (χ1v) is 12.5. The number of aliphatic hydroxyl groups is 1. The van der Waals surface area contributed by atoms with Gasteiger partial charge in [-0.2, -0.15) is 0 Å². The molecule has 1 atom stereocenters. The lowest BCUT2D eigenvalue weighted by Gasteiger charge is -2.23. The number of ether oxygens (including phenoxy) is 3. The summed E-state index contributed by atoms with van der Waals surface area (Å²) in [5.74, 6) is -1.10. The number of aromatic nitrogens is 1. The molecule has 2 heterocycles. The second-order valence-corrected chi connectivity index (χ2v) is 9.36. The highest BCUT2D eigenvalue weighted by molar-refractivity contribution is 7.22. The molecule has 0 spiro atoms. The van der Waals surface area contributed by atoms with Crippen LogP contribution < -0.4 is 19.1 Å². The van der Waals surface area contributed by atoms with Crippen LogP contribution in [0.25, 0.3) is 16.0 Å². The van der Waals surface area contributed by atoms with E-state index in [0.717, 1.165) is 11.3 Å². The number of rotatable bonds is 7. The normalized spacial score (nSPS) is 16.7. The zero-order valence-electron chi connectivity index (χ0n) is 20.7. The lowest BCUT2D eigenvalue weighted by Crippen LogP contribution is -2.29. The Morgan fingerprint density at radius 3 is 2.45 bits per heavy atom. The molecule has 194 valence electrons. The van der Waals surface area contributed by atoms with Gasteiger partial charge in [-0.15, -0.1) is 0 Å². The fraction of sp³-hybridized carbons (Fsp3) is 0.179. The van der Waals surface area contributed by atoms with Crippen molar-refractivity contribution >= 4 is 44.1 Å². The van der Waals surface area contributed by atoms with Crippen LogP contribution in [0.1, 0.15) is 24.1 Å². The number of thiazole rings is 1. The Bertz CT molecular complexity index is 1580. The van der Waals surface area contributed by atoms with Crippen LogP contribution in [0.15, 0.2) is 66.2 Å². The number of nitrogens with zero attached hydrogens (tertiary/aromatic N) is 2. The topological polar surface area (TPSA) is 98.2 Å². The van der Waals surface area contributed by atoms with Crippen LogP contribution in [0.5, 0.6) is 17.2 Å². The first-order chi connectivity index (χ1) is 18.4. The summed E-state index contributed by atoms with van der Waals surface area (Å²) in [5, 5.41) is 11.5. The lowest BCUT2D eigenvalue weighted by molar-refractivity contribution is -0.132. The highest BCUT2D eigenvalue weighted by Crippen LogP contribution is 2.46. The Morgan fingerprint density at radius 2 is 1.76 bits per heavy atom. The summed E-state index contributed by atoms with van der Waals surface area (Å²) in [6.07, 6.45) is 0. The van der Waals surface area contributed by atoms with E-state index in [4.69, 9.17) is 14.2 Å². The first-order valence-electron chi connectivity index (χ1n) is 11.7. The Labute approximate surface area is 221 Å². The van der Waals surface area contributed by atoms with Crippen molar-refractivity contribution in [2.75, 3.05) is 25.7 Å². The standard InChI is InChI=1S/C28H23FN2O6S/c1-4-37-18-9-5-15(6-10-18)25(32)23-24(16-7-12-20(35-2)21(13-16)36-3)31(27(34)26(23)33)28-30-19-11-8-17(29)14-22(19)38-28/h5-14,24,32H,4H2,1-3H3/b25-23+/t24-/m0/s1. The van der Waals surface area contributed by atoms with E-state index < -0.39 is 23.5 Å². The van der Waals surface area contributed by atoms with Crippen molar-refractivity contribution in [1.82, 2.24) is 4.98 Å². The van der Waals surface area contributed by atoms with Gasteiger partial charge in [0.1, 0.15) is 17.3 Å². The molecule has 1 aliphatic heterocycles. The molecule has 0 aliphatic carbocycles. The fourth-order valence-corrected chi connectivity index (χ4v) is 5.41. The molecule has 38 heavy (non-hydrogen) atoms. The molecule has 0 bridgehead atoms. The molecule has 1 fully saturated rings. The van der Waals surface area contributed by atoms with Crippen LogP contribution in [0.2, 0.25) is 0 Å². The average molecular weight is 535 g/mol. The Hall–Kier alpha value is -4.44. The quantitative estimate of drug-likeness (QED) is 0.191. The summed E-state index contributed by atoms with van der Waals surface area (Å²) in [6, 6.07) is 14.6. The maximum Gasteiger partial charge on any atom is 0.301 e. The number of benzene rings is 3. The number of amides is 1. The van der Waals surface area contributed by atoms with Crippen molar-refractivity contribution in [2.45, 2.75) is 13.0 Å². The van der Waals surface area contributed by atoms with Gasteiger partial charge in [-0.3, -0.25) is 14.5 Å². The minimum atomic E-state index is -1.04. The van der Waals surface area contributed by atoms with Crippen molar-refractivity contribution in [2.24, 2.45) is 0 Å². The van der Waals surface area contributed by atoms with Crippen molar-refractivity contribution in [3.8, 4) is 17.2 Å². The third-order valence-electron chi connectivity index (χ3n) is 6.15. The van der Waals surface area contributed by atoms with Crippen LogP contribution in [-0.4, -0.2) is 42.6 Å². The molecule has 1 N–H and O–H groups in total. The van der Waals surface area contributed by atoms with E-state index in [0.29, 0.717) is 45.2 Å². The molecule has 1 amide bonds. The van der Waals surface area contributed by atoms with E-state index in [9.17, 15) is 19.1 Å². The van der Waals surface area contributed by atoms with Crippen LogP contribution in [-0.2, 0) is 9.59 Å². The zero-order chi connectivity index (χ0) is 27.0. The summed E-state index contributed by atoms with van der Waals surface area (Å²) in [6.45, 7) is 2.33. The van der Waals surface area contributed by atoms with Gasteiger partial charge in [-0.05, 0) is 67.1 Å². The fourth-order valence-electron chi connectivity index (χ4n) is 4.39. The van der Waals surface area contributed by atoms with Gasteiger partial charge in [0.05, 0.1) is 42.7 Å². The summed E-state index contributed by atoms with van der Waals surface area (Å²) in [7, 11) is 2.97. The second-order valence-electron chi connectivity index (χ2n) is 8.35. The molecular weight excluding hydrogens is 511 g/mol. The molecule has 8 nitrogen and oxygen atoms in total. The van der Waals surface area contributed by atoms with Crippen LogP contribution in [0, 0.1) is 5.82 Å². The van der Waals surface area contributed by atoms with E-state index in [1.165, 1.54) is 37.3 Å². The van der Waals surface area contributed by atoms with E-state index in [-0.39, 0.29) is 16.5 Å². The second kappa shape index (κ2) is 10.1. The van der Waals surface area contributed by atoms with Gasteiger partial charge in [-0.25, -0.2) is 9.37 Å². The van der Waals surface area contributed by atoms with E-state index in [2.05, 4.69) is 4.98 Å². The number of halogens is 1. The maximum absolute atomic E-state index is 13.9. The zero-order valence-corrected chi connectivity index (χ0v) is 21.5. The largest absolute Gasteiger partial charge is 0.507 e. The number of carbonyl (C=O) groups excluding carboxylic acids is 2. The number of hydrogen-bond donors (Lipinski definition) is 1. The molecule has 0 saturated carbocycles. The SMILES string of the molecule is CCOc1ccc(/C(O)=C2\C(=O)C(=O)N(c3nc4ccc(F)cc4s3)[C@H]2c2ccc(OC)c(OC)c2)cc1. The monoisotopic (exact) mass is 534 g/mol. The van der Waals surface area contributed by atoms with Gasteiger partial charge in [0, 0.05) is 5.56 Å². The number of hydrogen-bond acceptors (Lipinski definition) is 8. The molecule has 5 rings (SSSR count).